The monoisotopic (exact) mass is 619 g/mol. The highest BCUT2D eigenvalue weighted by atomic mass is 35.5. The molecular weight excluding hydrogens is 583 g/mol. The van der Waals surface area contributed by atoms with Gasteiger partial charge in [-0.25, -0.2) is 0 Å². The van der Waals surface area contributed by atoms with E-state index in [9.17, 15) is 27.6 Å². The molecule has 228 valence electrons. The van der Waals surface area contributed by atoms with E-state index in [4.69, 9.17) is 4.42 Å². The number of hydrogen-bond donors (Lipinski definition) is 1. The topological polar surface area (TPSA) is 109 Å². The molecule has 2 aromatic rings. The number of benzene rings is 1. The van der Waals surface area contributed by atoms with Gasteiger partial charge in [0.15, 0.2) is 0 Å². The lowest BCUT2D eigenvalue weighted by molar-refractivity contribution is -0.137. The largest absolute Gasteiger partial charge is 0.416 e. The summed E-state index contributed by atoms with van der Waals surface area (Å²) >= 11 is 1.31. The number of halogens is 4. The molecule has 3 rings (SSSR count). The van der Waals surface area contributed by atoms with E-state index in [1.807, 2.05) is 32.8 Å². The number of hydrogen-bond acceptors (Lipinski definition) is 8. The number of nitrogens with one attached hydrogen (secondary N) is 1. The lowest BCUT2D eigenvalue weighted by Gasteiger charge is -2.48. The van der Waals surface area contributed by atoms with Crippen molar-refractivity contribution in [1.82, 2.24) is 25.3 Å². The zero-order chi connectivity index (χ0) is 29.5. The number of amides is 2. The molecule has 0 aliphatic heterocycles. The molecular formula is C27H37ClF3N5O4S. The number of nitrogens with zero attached hydrogens (tertiary/aromatic N) is 4. The summed E-state index contributed by atoms with van der Waals surface area (Å²) in [4.78, 5) is 43.0. The van der Waals surface area contributed by atoms with E-state index in [1.54, 1.807) is 0 Å². The van der Waals surface area contributed by atoms with E-state index in [-0.39, 0.29) is 41.4 Å². The fourth-order valence-electron chi connectivity index (χ4n) is 4.80. The number of Topliss-reactive ketones (excluding diaryl/α,β-unsaturated/α-hetero) is 1. The van der Waals surface area contributed by atoms with Crippen LogP contribution in [0.3, 0.4) is 0 Å². The maximum absolute atomic E-state index is 13.7. The summed E-state index contributed by atoms with van der Waals surface area (Å²) in [6, 6.07) is 3.09. The average Bonchev–Trinajstić information content (AvgIpc) is 3.36. The van der Waals surface area contributed by atoms with Gasteiger partial charge in [0.05, 0.1) is 5.56 Å². The molecule has 14 heteroatoms. The van der Waals surface area contributed by atoms with Crippen LogP contribution >= 0.6 is 24.2 Å². The van der Waals surface area contributed by atoms with Gasteiger partial charge < -0.3 is 19.5 Å². The Morgan fingerprint density at radius 2 is 1.85 bits per heavy atom. The molecule has 0 saturated heterocycles. The van der Waals surface area contributed by atoms with Crippen LogP contribution in [0.25, 0.3) is 0 Å². The van der Waals surface area contributed by atoms with Crippen LogP contribution in [0.5, 0.6) is 0 Å². The Labute approximate surface area is 248 Å². The van der Waals surface area contributed by atoms with Crippen molar-refractivity contribution < 1.29 is 32.0 Å². The van der Waals surface area contributed by atoms with Gasteiger partial charge in [-0.05, 0) is 70.3 Å². The van der Waals surface area contributed by atoms with Crippen molar-refractivity contribution in [2.75, 3.05) is 26.4 Å². The lowest BCUT2D eigenvalue weighted by Crippen LogP contribution is -2.65. The molecule has 1 aliphatic carbocycles. The van der Waals surface area contributed by atoms with Crippen molar-refractivity contribution >= 4 is 42.3 Å². The highest BCUT2D eigenvalue weighted by Gasteiger charge is 2.45. The highest BCUT2D eigenvalue weighted by Crippen LogP contribution is 2.35. The van der Waals surface area contributed by atoms with Crippen molar-refractivity contribution in [3.05, 3.63) is 41.3 Å². The van der Waals surface area contributed by atoms with Gasteiger partial charge in [-0.15, -0.1) is 22.6 Å². The predicted molar refractivity (Wildman–Crippen MR) is 151 cm³/mol. The number of rotatable bonds is 13. The van der Waals surface area contributed by atoms with Gasteiger partial charge in [0.2, 0.25) is 12.2 Å². The van der Waals surface area contributed by atoms with Crippen molar-refractivity contribution in [2.45, 2.75) is 75.5 Å². The Kier molecular flexibility index (Phi) is 12.7. The average molecular weight is 620 g/mol. The van der Waals surface area contributed by atoms with Crippen LogP contribution in [0.15, 0.2) is 33.9 Å². The summed E-state index contributed by atoms with van der Waals surface area (Å²) in [5.74, 6) is -0.893. The van der Waals surface area contributed by atoms with Gasteiger partial charge in [0.25, 0.3) is 17.0 Å². The third-order valence-electron chi connectivity index (χ3n) is 6.80. The summed E-state index contributed by atoms with van der Waals surface area (Å²) in [7, 11) is 3.86. The standard InChI is InChI=1S/C27H36F3N5O4S.ClH/c1-18(2)15-21(22(37)24-32-33-25(39-24)40-14-13-34(3)4)35(17-36)26(11-6-5-7-12-26)31-23(38)19-9-8-10-20(16-19)27(28,29)30;/h8-10,16-18,21H,5-7,11-15H2,1-4H3,(H,31,38);1H. The molecule has 1 aliphatic rings. The molecule has 9 nitrogen and oxygen atoms in total. The molecule has 1 saturated carbocycles. The Hall–Kier alpha value is -2.64. The minimum absolute atomic E-state index is 0. The molecule has 1 aromatic heterocycles. The molecule has 1 N–H and O–H groups in total. The summed E-state index contributed by atoms with van der Waals surface area (Å²) in [5.41, 5.74) is -2.41. The molecule has 1 fully saturated rings. The molecule has 0 spiro atoms. The molecule has 1 unspecified atom stereocenters. The Balaban J connectivity index is 0.00000588. The zero-order valence-electron chi connectivity index (χ0n) is 23.6. The van der Waals surface area contributed by atoms with E-state index in [0.717, 1.165) is 31.2 Å². The van der Waals surface area contributed by atoms with Gasteiger partial charge >= 0.3 is 6.18 Å². The second-order valence-corrected chi connectivity index (χ2v) is 11.7. The van der Waals surface area contributed by atoms with Gasteiger partial charge in [-0.2, -0.15) is 13.2 Å². The maximum atomic E-state index is 13.7. The fraction of sp³-hybridized carbons (Fsp3) is 0.593. The third-order valence-corrected chi connectivity index (χ3v) is 7.60. The number of alkyl halides is 3. The Bertz CT molecular complexity index is 1170. The smallest absolute Gasteiger partial charge is 0.408 e. The number of aromatic nitrogens is 2. The van der Waals surface area contributed by atoms with Crippen molar-refractivity contribution in [3.63, 3.8) is 0 Å². The highest BCUT2D eigenvalue weighted by molar-refractivity contribution is 7.99. The SMILES string of the molecule is CC(C)CC(C(=O)c1nnc(SCCN(C)C)o1)N(C=O)C1(NC(=O)c2cccc(C(F)(F)F)c2)CCCCC1.Cl. The van der Waals surface area contributed by atoms with E-state index >= 15 is 0 Å². The van der Waals surface area contributed by atoms with E-state index in [1.165, 1.54) is 22.7 Å². The summed E-state index contributed by atoms with van der Waals surface area (Å²) < 4.78 is 45.5. The number of carbonyl (C=O) groups is 3. The van der Waals surface area contributed by atoms with Gasteiger partial charge in [-0.1, -0.05) is 38.1 Å². The predicted octanol–water partition coefficient (Wildman–Crippen LogP) is 5.31. The Morgan fingerprint density at radius 3 is 2.44 bits per heavy atom. The number of ketones is 1. The second kappa shape index (κ2) is 15.0. The molecule has 2 amide bonds. The first kappa shape index (κ1) is 34.6. The van der Waals surface area contributed by atoms with Crippen LogP contribution in [0.1, 0.15) is 79.0 Å². The van der Waals surface area contributed by atoms with Crippen LogP contribution in [0.4, 0.5) is 13.2 Å². The first-order valence-electron chi connectivity index (χ1n) is 13.2. The summed E-state index contributed by atoms with van der Waals surface area (Å²) in [5, 5.41) is 11.0. The zero-order valence-corrected chi connectivity index (χ0v) is 25.2. The first-order valence-corrected chi connectivity index (χ1v) is 14.2. The molecule has 0 bridgehead atoms. The van der Waals surface area contributed by atoms with E-state index in [0.29, 0.717) is 37.8 Å². The minimum atomic E-state index is -4.61. The molecule has 1 atom stereocenters. The number of thioether (sulfide) groups is 1. The van der Waals surface area contributed by atoms with Crippen LogP contribution < -0.4 is 5.32 Å². The summed E-state index contributed by atoms with van der Waals surface area (Å²) in [6.07, 6.45) is -0.979. The fourth-order valence-corrected chi connectivity index (χ4v) is 5.66. The molecule has 1 heterocycles. The third kappa shape index (κ3) is 9.17. The van der Waals surface area contributed by atoms with Gasteiger partial charge in [0, 0.05) is 17.9 Å². The van der Waals surface area contributed by atoms with E-state index < -0.39 is 35.1 Å². The quantitative estimate of drug-likeness (QED) is 0.139. The molecule has 0 radical (unpaired) electrons. The molecule has 1 aromatic carbocycles. The van der Waals surface area contributed by atoms with Crippen molar-refractivity contribution in [2.24, 2.45) is 5.92 Å². The van der Waals surface area contributed by atoms with Gasteiger partial charge in [0.1, 0.15) is 11.7 Å². The van der Waals surface area contributed by atoms with Crippen LogP contribution in [0.2, 0.25) is 0 Å². The van der Waals surface area contributed by atoms with Crippen LogP contribution in [-0.4, -0.2) is 76.2 Å². The first-order chi connectivity index (χ1) is 18.9. The van der Waals surface area contributed by atoms with Crippen LogP contribution in [0, 0.1) is 5.92 Å². The second-order valence-electron chi connectivity index (χ2n) is 10.7. The van der Waals surface area contributed by atoms with E-state index in [2.05, 4.69) is 15.5 Å². The minimum Gasteiger partial charge on any atom is -0.408 e. The van der Waals surface area contributed by atoms with Gasteiger partial charge in [-0.3, -0.25) is 14.4 Å². The van der Waals surface area contributed by atoms with Crippen molar-refractivity contribution in [3.8, 4) is 0 Å². The van der Waals surface area contributed by atoms with Crippen LogP contribution in [-0.2, 0) is 11.0 Å². The normalized spacial score (nSPS) is 15.7. The number of carbonyl (C=O) groups excluding carboxylic acids is 3. The lowest BCUT2D eigenvalue weighted by atomic mass is 9.84. The Morgan fingerprint density at radius 1 is 1.17 bits per heavy atom. The van der Waals surface area contributed by atoms with Crippen molar-refractivity contribution in [1.29, 1.82) is 0 Å². The maximum Gasteiger partial charge on any atom is 0.416 e. The summed E-state index contributed by atoms with van der Waals surface area (Å²) in [6.45, 7) is 4.56. The molecule has 41 heavy (non-hydrogen) atoms.